The molecule has 0 heterocycles. The first kappa shape index (κ1) is 22.0. The Hall–Kier alpha value is -1.80. The summed E-state index contributed by atoms with van der Waals surface area (Å²) in [5.41, 5.74) is 5.08. The number of fused-ring (bicyclic) bond motifs is 5. The zero-order valence-corrected chi connectivity index (χ0v) is 20.1. The molecule has 0 saturated heterocycles. The van der Waals surface area contributed by atoms with E-state index < -0.39 is 0 Å². The van der Waals surface area contributed by atoms with E-state index in [0.29, 0.717) is 11.5 Å². The van der Waals surface area contributed by atoms with E-state index >= 15 is 0 Å². The van der Waals surface area contributed by atoms with E-state index in [9.17, 15) is 0 Å². The fraction of sp³-hybridized carbons (Fsp3) is 0.600. The van der Waals surface area contributed by atoms with Crippen LogP contribution in [0.4, 0.5) is 0 Å². The maximum absolute atomic E-state index is 6.06. The molecule has 2 nitrogen and oxygen atoms in total. The predicted octanol–water partition coefficient (Wildman–Crippen LogP) is 7.27. The maximum Gasteiger partial charge on any atom is 0.119 e. The second kappa shape index (κ2) is 9.59. The molecule has 0 aromatic heterocycles. The number of hydrogen-bond donors (Lipinski definition) is 1. The highest BCUT2D eigenvalue weighted by Gasteiger charge is 2.54. The van der Waals surface area contributed by atoms with Crippen molar-refractivity contribution >= 4 is 0 Å². The first-order valence-electron chi connectivity index (χ1n) is 13.2. The Bertz CT molecular complexity index is 893. The predicted molar refractivity (Wildman–Crippen MR) is 133 cm³/mol. The molecule has 2 saturated carbocycles. The minimum atomic E-state index is 0.454. The highest BCUT2D eigenvalue weighted by molar-refractivity contribution is 5.40. The van der Waals surface area contributed by atoms with Crippen molar-refractivity contribution in [1.82, 2.24) is 5.32 Å². The van der Waals surface area contributed by atoms with Gasteiger partial charge < -0.3 is 10.1 Å². The molecule has 2 fully saturated rings. The molecular formula is C30H41NO. The van der Waals surface area contributed by atoms with Gasteiger partial charge in [0.25, 0.3) is 0 Å². The highest BCUT2D eigenvalue weighted by atomic mass is 16.5. The summed E-state index contributed by atoms with van der Waals surface area (Å²) in [4.78, 5) is 0. The van der Waals surface area contributed by atoms with Crippen LogP contribution in [-0.4, -0.2) is 12.6 Å². The van der Waals surface area contributed by atoms with Crippen molar-refractivity contribution in [3.05, 3.63) is 65.2 Å². The summed E-state index contributed by atoms with van der Waals surface area (Å²) >= 11 is 0. The first-order valence-corrected chi connectivity index (χ1v) is 13.2. The molecule has 2 heteroatoms. The first-order chi connectivity index (χ1) is 15.7. The molecule has 5 atom stereocenters. The van der Waals surface area contributed by atoms with Crippen LogP contribution in [0.3, 0.4) is 0 Å². The number of hydrogen-bond acceptors (Lipinski definition) is 2. The molecule has 172 valence electrons. The molecule has 1 N–H and O–H groups in total. The van der Waals surface area contributed by atoms with Crippen LogP contribution in [0.1, 0.15) is 87.8 Å². The SMILES string of the molecule is CCCCCOc1ccc2c(c1)CCC1C2CCC2(C)C(NCc3ccccc3)CCC12. The maximum atomic E-state index is 6.06. The van der Waals surface area contributed by atoms with Crippen LogP contribution < -0.4 is 10.1 Å². The van der Waals surface area contributed by atoms with E-state index in [-0.39, 0.29) is 0 Å². The van der Waals surface area contributed by atoms with Crippen LogP contribution in [0.25, 0.3) is 0 Å². The van der Waals surface area contributed by atoms with Gasteiger partial charge in [-0.3, -0.25) is 0 Å². The van der Waals surface area contributed by atoms with Gasteiger partial charge in [0, 0.05) is 12.6 Å². The van der Waals surface area contributed by atoms with Gasteiger partial charge >= 0.3 is 0 Å². The van der Waals surface area contributed by atoms with Gasteiger partial charge in [-0.2, -0.15) is 0 Å². The van der Waals surface area contributed by atoms with Gasteiger partial charge in [-0.1, -0.05) is 63.1 Å². The summed E-state index contributed by atoms with van der Waals surface area (Å²) < 4.78 is 6.06. The van der Waals surface area contributed by atoms with Crippen LogP contribution in [0, 0.1) is 17.3 Å². The van der Waals surface area contributed by atoms with Crippen LogP contribution in [-0.2, 0) is 13.0 Å². The molecule has 32 heavy (non-hydrogen) atoms. The number of aryl methyl sites for hydroxylation is 1. The zero-order valence-electron chi connectivity index (χ0n) is 20.1. The molecule has 0 radical (unpaired) electrons. The van der Waals surface area contributed by atoms with Gasteiger partial charge in [-0.25, -0.2) is 0 Å². The fourth-order valence-corrected chi connectivity index (χ4v) is 7.36. The van der Waals surface area contributed by atoms with E-state index in [1.807, 2.05) is 0 Å². The lowest BCUT2D eigenvalue weighted by Gasteiger charge is -2.51. The number of ether oxygens (including phenoxy) is 1. The molecule has 0 bridgehead atoms. The number of benzene rings is 2. The normalized spacial score (nSPS) is 30.9. The van der Waals surface area contributed by atoms with Gasteiger partial charge in [0.05, 0.1) is 6.61 Å². The average Bonchev–Trinajstić information content (AvgIpc) is 3.17. The van der Waals surface area contributed by atoms with Crippen molar-refractivity contribution in [2.75, 3.05) is 6.61 Å². The van der Waals surface area contributed by atoms with Crippen molar-refractivity contribution < 1.29 is 4.74 Å². The van der Waals surface area contributed by atoms with Crippen molar-refractivity contribution in [3.63, 3.8) is 0 Å². The van der Waals surface area contributed by atoms with Gasteiger partial charge in [0.1, 0.15) is 5.75 Å². The summed E-state index contributed by atoms with van der Waals surface area (Å²) in [6, 6.07) is 18.6. The quantitative estimate of drug-likeness (QED) is 0.444. The Balaban J connectivity index is 1.25. The molecule has 0 spiro atoms. The lowest BCUT2D eigenvalue weighted by Crippen LogP contribution is -2.48. The molecule has 2 aromatic carbocycles. The molecule has 3 aliphatic rings. The van der Waals surface area contributed by atoms with E-state index in [1.54, 1.807) is 11.1 Å². The van der Waals surface area contributed by atoms with Crippen molar-refractivity contribution in [3.8, 4) is 5.75 Å². The highest BCUT2D eigenvalue weighted by Crippen LogP contribution is 2.61. The third-order valence-corrected chi connectivity index (χ3v) is 9.11. The van der Waals surface area contributed by atoms with Crippen molar-refractivity contribution in [2.45, 2.75) is 90.1 Å². The third-order valence-electron chi connectivity index (χ3n) is 9.11. The van der Waals surface area contributed by atoms with Crippen LogP contribution >= 0.6 is 0 Å². The smallest absolute Gasteiger partial charge is 0.119 e. The lowest BCUT2D eigenvalue weighted by atomic mass is 9.55. The summed E-state index contributed by atoms with van der Waals surface area (Å²) in [6.07, 6.45) is 11.7. The minimum absolute atomic E-state index is 0.454. The molecular weight excluding hydrogens is 390 g/mol. The van der Waals surface area contributed by atoms with E-state index in [4.69, 9.17) is 4.74 Å². The molecule has 5 rings (SSSR count). The van der Waals surface area contributed by atoms with Gasteiger partial charge in [-0.15, -0.1) is 0 Å². The average molecular weight is 432 g/mol. The van der Waals surface area contributed by atoms with Crippen molar-refractivity contribution in [1.29, 1.82) is 0 Å². The Kier molecular flexibility index (Phi) is 6.60. The topological polar surface area (TPSA) is 21.3 Å². The summed E-state index contributed by atoms with van der Waals surface area (Å²) in [5.74, 6) is 3.58. The Morgan fingerprint density at radius 2 is 1.88 bits per heavy atom. The summed E-state index contributed by atoms with van der Waals surface area (Å²) in [5, 5.41) is 3.97. The molecule has 0 aliphatic heterocycles. The minimum Gasteiger partial charge on any atom is -0.494 e. The van der Waals surface area contributed by atoms with E-state index in [2.05, 4.69) is 67.7 Å². The second-order valence-electron chi connectivity index (χ2n) is 10.9. The van der Waals surface area contributed by atoms with Crippen molar-refractivity contribution in [2.24, 2.45) is 17.3 Å². The zero-order chi connectivity index (χ0) is 22.0. The van der Waals surface area contributed by atoms with Gasteiger partial charge in [0.2, 0.25) is 0 Å². The molecule has 0 amide bonds. The second-order valence-corrected chi connectivity index (χ2v) is 10.9. The van der Waals surface area contributed by atoms with Gasteiger partial charge in [0.15, 0.2) is 0 Å². The fourth-order valence-electron chi connectivity index (χ4n) is 7.36. The number of nitrogens with one attached hydrogen (secondary N) is 1. The van der Waals surface area contributed by atoms with Crippen LogP contribution in [0.5, 0.6) is 5.75 Å². The molecule has 5 unspecified atom stereocenters. The molecule has 3 aliphatic carbocycles. The monoisotopic (exact) mass is 431 g/mol. The van der Waals surface area contributed by atoms with Crippen LogP contribution in [0.15, 0.2) is 48.5 Å². The third kappa shape index (κ3) is 4.23. The van der Waals surface area contributed by atoms with E-state index in [1.165, 1.54) is 56.9 Å². The number of rotatable bonds is 8. The Morgan fingerprint density at radius 1 is 1.00 bits per heavy atom. The standard InChI is InChI=1S/C30H41NO/c1-3-4-8-19-32-24-12-14-25-23(20-24)11-13-27-26(25)17-18-30(2)28(27)15-16-29(30)31-21-22-9-6-5-7-10-22/h5-7,9-10,12,14,20,26-29,31H,3-4,8,11,13,15-19,21H2,1-2H3. The summed E-state index contributed by atoms with van der Waals surface area (Å²) in [7, 11) is 0. The number of unbranched alkanes of at least 4 members (excludes halogenated alkanes) is 2. The van der Waals surface area contributed by atoms with Gasteiger partial charge in [-0.05, 0) is 96.9 Å². The Labute approximate surface area is 195 Å². The summed E-state index contributed by atoms with van der Waals surface area (Å²) in [6.45, 7) is 6.71. The van der Waals surface area contributed by atoms with Crippen LogP contribution in [0.2, 0.25) is 0 Å². The molecule has 2 aromatic rings. The largest absolute Gasteiger partial charge is 0.494 e. The van der Waals surface area contributed by atoms with E-state index in [0.717, 1.165) is 43.1 Å². The lowest BCUT2D eigenvalue weighted by molar-refractivity contribution is 0.0408. The Morgan fingerprint density at radius 3 is 2.72 bits per heavy atom.